The molecule has 0 aliphatic carbocycles. The zero-order chi connectivity index (χ0) is 25.7. The Morgan fingerprint density at radius 1 is 0.857 bits per heavy atom. The second-order valence-corrected chi connectivity index (χ2v) is 8.02. The molecule has 1 aliphatic rings. The molecule has 0 saturated carbocycles. The Hall–Kier alpha value is -3.73. The lowest BCUT2D eigenvalue weighted by molar-refractivity contribution is -0.288. The van der Waals surface area contributed by atoms with Gasteiger partial charge in [0.15, 0.2) is 12.2 Å². The third kappa shape index (κ3) is 6.66. The number of aromatic nitrogens is 1. The fourth-order valence-electron chi connectivity index (χ4n) is 3.74. The van der Waals surface area contributed by atoms with Crippen molar-refractivity contribution in [3.63, 3.8) is 0 Å². The number of carbonyl (C=O) groups is 4. The topological polar surface area (TPSA) is 137 Å². The van der Waals surface area contributed by atoms with Crippen molar-refractivity contribution in [2.24, 2.45) is 0 Å². The molecular weight excluding hydrogens is 462 g/mol. The maximum absolute atomic E-state index is 12.0. The molecule has 0 unspecified atom stereocenters. The van der Waals surface area contributed by atoms with Crippen molar-refractivity contribution < 1.29 is 47.6 Å². The molecule has 1 aliphatic heterocycles. The van der Waals surface area contributed by atoms with E-state index >= 15 is 0 Å². The summed E-state index contributed by atoms with van der Waals surface area (Å²) in [5.74, 6) is -2.38. The van der Waals surface area contributed by atoms with Crippen LogP contribution >= 0.6 is 0 Å². The van der Waals surface area contributed by atoms with Gasteiger partial charge in [-0.15, -0.1) is 0 Å². The number of benzene rings is 1. The lowest BCUT2D eigenvalue weighted by Gasteiger charge is -2.44. The van der Waals surface area contributed by atoms with Gasteiger partial charge in [-0.3, -0.25) is 24.2 Å². The molecule has 1 saturated heterocycles. The number of carbonyl (C=O) groups excluding carboxylic acids is 4. The number of hydrogen-bond acceptors (Lipinski definition) is 11. The highest BCUT2D eigenvalue weighted by Gasteiger charge is 2.53. The lowest BCUT2D eigenvalue weighted by Crippen LogP contribution is -2.63. The minimum atomic E-state index is -1.32. The van der Waals surface area contributed by atoms with E-state index in [2.05, 4.69) is 4.98 Å². The van der Waals surface area contributed by atoms with Gasteiger partial charge in [0.1, 0.15) is 18.5 Å². The SMILES string of the molecule is CC(=O)OC[C@H]1O[C@@H](Oc2ccnc3cc(C)ccc23)[C@H](OC(C)=O)[C@@H](OC(C)=O)[C@@H]1OC(C)=O. The van der Waals surface area contributed by atoms with Crippen LogP contribution in [0.3, 0.4) is 0 Å². The maximum atomic E-state index is 12.0. The molecule has 0 radical (unpaired) electrons. The molecule has 1 aromatic heterocycles. The van der Waals surface area contributed by atoms with E-state index in [1.165, 1.54) is 6.92 Å². The van der Waals surface area contributed by atoms with E-state index in [1.54, 1.807) is 12.3 Å². The predicted octanol–water partition coefficient (Wildman–Crippen LogP) is 2.01. The molecule has 11 nitrogen and oxygen atoms in total. The number of nitrogens with zero attached hydrogens (tertiary/aromatic N) is 1. The van der Waals surface area contributed by atoms with E-state index in [0.29, 0.717) is 16.7 Å². The average Bonchev–Trinajstić information content (AvgIpc) is 2.75. The number of esters is 4. The van der Waals surface area contributed by atoms with Crippen LogP contribution in [0.1, 0.15) is 33.3 Å². The standard InChI is InChI=1S/C24H27NO10/c1-12-6-7-17-18(10-12)25-9-8-19(17)34-24-23(33-16(5)29)22(32-15(4)28)21(31-14(3)27)20(35-24)11-30-13(2)26/h6-10,20-24H,11H2,1-5H3/t20-,21-,22+,23-,24-/m1/s1. The molecule has 35 heavy (non-hydrogen) atoms. The molecule has 0 N–H and O–H groups in total. The van der Waals surface area contributed by atoms with E-state index in [4.69, 9.17) is 28.4 Å². The summed E-state index contributed by atoms with van der Waals surface area (Å²) < 4.78 is 33.4. The summed E-state index contributed by atoms with van der Waals surface area (Å²) in [4.78, 5) is 51.5. The van der Waals surface area contributed by atoms with Crippen LogP contribution in [0.15, 0.2) is 30.5 Å². The Bertz CT molecular complexity index is 1120. The van der Waals surface area contributed by atoms with Crippen LogP contribution in [0, 0.1) is 6.92 Å². The molecule has 2 aromatic rings. The number of aryl methyl sites for hydroxylation is 1. The fourth-order valence-corrected chi connectivity index (χ4v) is 3.74. The number of fused-ring (bicyclic) bond motifs is 1. The highest BCUT2D eigenvalue weighted by Crippen LogP contribution is 2.33. The van der Waals surface area contributed by atoms with Crippen LogP contribution in [0.25, 0.3) is 10.9 Å². The number of hydrogen-bond donors (Lipinski definition) is 0. The molecular formula is C24H27NO10. The Balaban J connectivity index is 2.04. The first-order valence-electron chi connectivity index (χ1n) is 10.9. The Labute approximate surface area is 201 Å². The van der Waals surface area contributed by atoms with Crippen molar-refractivity contribution >= 4 is 34.8 Å². The van der Waals surface area contributed by atoms with Gasteiger partial charge in [-0.1, -0.05) is 6.07 Å². The van der Waals surface area contributed by atoms with E-state index < -0.39 is 54.6 Å². The smallest absolute Gasteiger partial charge is 0.303 e. The summed E-state index contributed by atoms with van der Waals surface area (Å²) in [7, 11) is 0. The van der Waals surface area contributed by atoms with Gasteiger partial charge in [-0.25, -0.2) is 0 Å². The summed E-state index contributed by atoms with van der Waals surface area (Å²) >= 11 is 0. The second-order valence-electron chi connectivity index (χ2n) is 8.02. The van der Waals surface area contributed by atoms with Crippen molar-refractivity contribution in [1.29, 1.82) is 0 Å². The number of ether oxygens (including phenoxy) is 6. The third-order valence-corrected chi connectivity index (χ3v) is 5.05. The van der Waals surface area contributed by atoms with Crippen LogP contribution in [0.2, 0.25) is 0 Å². The molecule has 188 valence electrons. The van der Waals surface area contributed by atoms with E-state index in [0.717, 1.165) is 26.3 Å². The van der Waals surface area contributed by atoms with Crippen LogP contribution in [0.5, 0.6) is 5.75 Å². The highest BCUT2D eigenvalue weighted by molar-refractivity contribution is 5.85. The van der Waals surface area contributed by atoms with Crippen LogP contribution in [-0.2, 0) is 42.9 Å². The first kappa shape index (κ1) is 25.9. The van der Waals surface area contributed by atoms with E-state index in [1.807, 2.05) is 25.1 Å². The average molecular weight is 489 g/mol. The quantitative estimate of drug-likeness (QED) is 0.417. The summed E-state index contributed by atoms with van der Waals surface area (Å²) in [5.41, 5.74) is 1.66. The second kappa shape index (κ2) is 11.1. The van der Waals surface area contributed by atoms with Gasteiger partial charge >= 0.3 is 23.9 Å². The monoisotopic (exact) mass is 489 g/mol. The van der Waals surface area contributed by atoms with Crippen LogP contribution in [-0.4, -0.2) is 66.2 Å². The Morgan fingerprint density at radius 2 is 1.49 bits per heavy atom. The molecule has 1 fully saturated rings. The van der Waals surface area contributed by atoms with Crippen LogP contribution < -0.4 is 4.74 Å². The minimum Gasteiger partial charge on any atom is -0.463 e. The first-order chi connectivity index (χ1) is 16.5. The summed E-state index contributed by atoms with van der Waals surface area (Å²) in [6.07, 6.45) is -4.75. The van der Waals surface area contributed by atoms with Gasteiger partial charge in [0.25, 0.3) is 0 Å². The summed E-state index contributed by atoms with van der Waals surface area (Å²) in [5, 5.41) is 0.658. The van der Waals surface area contributed by atoms with Gasteiger partial charge in [0, 0.05) is 39.3 Å². The molecule has 1 aromatic carbocycles. The predicted molar refractivity (Wildman–Crippen MR) is 119 cm³/mol. The normalized spacial score (nSPS) is 23.7. The van der Waals surface area contributed by atoms with Crippen molar-refractivity contribution in [3.05, 3.63) is 36.0 Å². The van der Waals surface area contributed by atoms with Gasteiger partial charge in [-0.05, 0) is 30.7 Å². The van der Waals surface area contributed by atoms with Gasteiger partial charge in [0.2, 0.25) is 12.4 Å². The fraction of sp³-hybridized carbons (Fsp3) is 0.458. The molecule has 5 atom stereocenters. The number of pyridine rings is 1. The number of rotatable bonds is 7. The molecule has 11 heteroatoms. The highest BCUT2D eigenvalue weighted by atomic mass is 16.7. The van der Waals surface area contributed by atoms with Gasteiger partial charge < -0.3 is 28.4 Å². The Morgan fingerprint density at radius 3 is 2.11 bits per heavy atom. The minimum absolute atomic E-state index is 0.339. The zero-order valence-electron chi connectivity index (χ0n) is 20.0. The van der Waals surface area contributed by atoms with Gasteiger partial charge in [-0.2, -0.15) is 0 Å². The molecule has 2 heterocycles. The molecule has 0 spiro atoms. The van der Waals surface area contributed by atoms with E-state index in [9.17, 15) is 19.2 Å². The molecule has 0 amide bonds. The largest absolute Gasteiger partial charge is 0.463 e. The van der Waals surface area contributed by atoms with Crippen molar-refractivity contribution in [2.75, 3.05) is 6.61 Å². The van der Waals surface area contributed by atoms with Crippen molar-refractivity contribution in [1.82, 2.24) is 4.98 Å². The van der Waals surface area contributed by atoms with Crippen molar-refractivity contribution in [2.45, 2.75) is 65.3 Å². The zero-order valence-corrected chi connectivity index (χ0v) is 20.0. The summed E-state index contributed by atoms with van der Waals surface area (Å²) in [6, 6.07) is 7.17. The third-order valence-electron chi connectivity index (χ3n) is 5.05. The van der Waals surface area contributed by atoms with Crippen LogP contribution in [0.4, 0.5) is 0 Å². The van der Waals surface area contributed by atoms with E-state index in [-0.39, 0.29) is 6.61 Å². The lowest BCUT2D eigenvalue weighted by atomic mass is 9.98. The Kier molecular flexibility index (Phi) is 8.23. The maximum Gasteiger partial charge on any atom is 0.303 e. The first-order valence-corrected chi connectivity index (χ1v) is 10.9. The molecule has 3 rings (SSSR count). The summed E-state index contributed by atoms with van der Waals surface area (Å²) in [6.45, 7) is 6.26. The van der Waals surface area contributed by atoms with Gasteiger partial charge in [0.05, 0.1) is 5.52 Å². The molecule has 0 bridgehead atoms. The van der Waals surface area contributed by atoms with Crippen molar-refractivity contribution in [3.8, 4) is 5.75 Å².